The van der Waals surface area contributed by atoms with Gasteiger partial charge in [0.15, 0.2) is 5.15 Å². The third kappa shape index (κ3) is 1.94. The Balaban J connectivity index is 2.03. The molecule has 2 aromatic heterocycles. The van der Waals surface area contributed by atoms with Crippen molar-refractivity contribution in [2.45, 2.75) is 32.2 Å². The van der Waals surface area contributed by atoms with Gasteiger partial charge in [0.25, 0.3) is 0 Å². The lowest BCUT2D eigenvalue weighted by Crippen LogP contribution is -2.24. The number of hydrogen-bond acceptors (Lipinski definition) is 2. The molecule has 0 spiro atoms. The fraction of sp³-hybridized carbons (Fsp3) is 0.462. The summed E-state index contributed by atoms with van der Waals surface area (Å²) in [6.07, 6.45) is 3.46. The average molecular weight is 250 g/mol. The van der Waals surface area contributed by atoms with E-state index in [1.54, 1.807) is 0 Å². The molecule has 1 saturated heterocycles. The number of aromatic nitrogens is 2. The third-order valence-corrected chi connectivity index (χ3v) is 3.75. The van der Waals surface area contributed by atoms with Crippen molar-refractivity contribution in [3.8, 4) is 0 Å². The first-order valence-corrected chi connectivity index (χ1v) is 6.49. The summed E-state index contributed by atoms with van der Waals surface area (Å²) in [5.74, 6) is 1.07. The van der Waals surface area contributed by atoms with Crippen molar-refractivity contribution in [1.82, 2.24) is 14.7 Å². The quantitative estimate of drug-likeness (QED) is 0.887. The molecule has 3 nitrogen and oxygen atoms in total. The van der Waals surface area contributed by atoms with Gasteiger partial charge in [-0.25, -0.2) is 4.98 Å². The lowest BCUT2D eigenvalue weighted by Gasteiger charge is -2.10. The van der Waals surface area contributed by atoms with Crippen molar-refractivity contribution in [3.05, 3.63) is 34.9 Å². The van der Waals surface area contributed by atoms with Crippen molar-refractivity contribution in [1.29, 1.82) is 0 Å². The van der Waals surface area contributed by atoms with Crippen molar-refractivity contribution in [3.63, 3.8) is 0 Å². The standard InChI is InChI=1S/C13H16ClN3/c1-9-4-2-6-11-13(14)16-12(17(9)11)8-10-5-3-7-15-10/h2,4,6,10,15H,3,5,7-8H2,1H3. The monoisotopic (exact) mass is 249 g/mol. The van der Waals surface area contributed by atoms with E-state index >= 15 is 0 Å². The number of halogens is 1. The van der Waals surface area contributed by atoms with Crippen LogP contribution in [0.1, 0.15) is 24.4 Å². The van der Waals surface area contributed by atoms with Crippen molar-refractivity contribution >= 4 is 17.1 Å². The van der Waals surface area contributed by atoms with Gasteiger partial charge >= 0.3 is 0 Å². The Bertz CT molecular complexity index is 541. The van der Waals surface area contributed by atoms with Gasteiger partial charge < -0.3 is 5.32 Å². The minimum Gasteiger partial charge on any atom is -0.314 e. The number of nitrogens with zero attached hydrogens (tertiary/aromatic N) is 2. The Morgan fingerprint density at radius 3 is 3.18 bits per heavy atom. The summed E-state index contributed by atoms with van der Waals surface area (Å²) in [4.78, 5) is 4.50. The van der Waals surface area contributed by atoms with Gasteiger partial charge in [0.1, 0.15) is 5.82 Å². The van der Waals surface area contributed by atoms with Gasteiger partial charge in [-0.2, -0.15) is 0 Å². The van der Waals surface area contributed by atoms with Crippen LogP contribution in [0.2, 0.25) is 5.15 Å². The maximum Gasteiger partial charge on any atom is 0.155 e. The number of fused-ring (bicyclic) bond motifs is 1. The van der Waals surface area contributed by atoms with E-state index in [1.165, 1.54) is 18.5 Å². The molecule has 0 aromatic carbocycles. The smallest absolute Gasteiger partial charge is 0.155 e. The van der Waals surface area contributed by atoms with E-state index in [9.17, 15) is 0 Å². The first-order valence-electron chi connectivity index (χ1n) is 6.11. The lowest BCUT2D eigenvalue weighted by atomic mass is 10.1. The maximum atomic E-state index is 6.18. The van der Waals surface area contributed by atoms with Gasteiger partial charge in [-0.05, 0) is 38.4 Å². The van der Waals surface area contributed by atoms with Gasteiger partial charge in [-0.3, -0.25) is 4.40 Å². The zero-order valence-electron chi connectivity index (χ0n) is 9.91. The average Bonchev–Trinajstić information content (AvgIpc) is 2.90. The topological polar surface area (TPSA) is 29.3 Å². The zero-order valence-corrected chi connectivity index (χ0v) is 10.7. The van der Waals surface area contributed by atoms with E-state index in [0.717, 1.165) is 24.3 Å². The molecular formula is C13H16ClN3. The summed E-state index contributed by atoms with van der Waals surface area (Å²) in [6, 6.07) is 6.69. The number of nitrogens with one attached hydrogen (secondary N) is 1. The number of pyridine rings is 1. The Hall–Kier alpha value is -1.06. The van der Waals surface area contributed by atoms with Crippen LogP contribution >= 0.6 is 11.6 Å². The van der Waals surface area contributed by atoms with E-state index in [0.29, 0.717) is 11.2 Å². The molecule has 0 amide bonds. The van der Waals surface area contributed by atoms with Crippen LogP contribution in [-0.4, -0.2) is 22.0 Å². The molecule has 1 aliphatic heterocycles. The molecular weight excluding hydrogens is 234 g/mol. The molecule has 1 fully saturated rings. The molecule has 0 aliphatic carbocycles. The summed E-state index contributed by atoms with van der Waals surface area (Å²) in [7, 11) is 0. The van der Waals surface area contributed by atoms with E-state index in [1.807, 2.05) is 12.1 Å². The molecule has 2 aromatic rings. The Kier molecular flexibility index (Phi) is 2.81. The summed E-state index contributed by atoms with van der Waals surface area (Å²) >= 11 is 6.18. The molecule has 1 atom stereocenters. The Labute approximate surface area is 106 Å². The highest BCUT2D eigenvalue weighted by molar-refractivity contribution is 6.32. The van der Waals surface area contributed by atoms with Crippen LogP contribution in [0.15, 0.2) is 18.2 Å². The van der Waals surface area contributed by atoms with Crippen LogP contribution in [0.5, 0.6) is 0 Å². The van der Waals surface area contributed by atoms with Crippen molar-refractivity contribution in [2.75, 3.05) is 6.54 Å². The second-order valence-corrected chi connectivity index (χ2v) is 5.06. The summed E-state index contributed by atoms with van der Waals surface area (Å²) in [6.45, 7) is 3.22. The maximum absolute atomic E-state index is 6.18. The molecule has 1 aliphatic rings. The lowest BCUT2D eigenvalue weighted by molar-refractivity contribution is 0.583. The third-order valence-electron chi connectivity index (χ3n) is 3.47. The molecule has 17 heavy (non-hydrogen) atoms. The van der Waals surface area contributed by atoms with E-state index in [-0.39, 0.29) is 0 Å². The molecule has 90 valence electrons. The summed E-state index contributed by atoms with van der Waals surface area (Å²) < 4.78 is 2.17. The first kappa shape index (κ1) is 11.1. The van der Waals surface area contributed by atoms with Gasteiger partial charge in [0, 0.05) is 18.2 Å². The van der Waals surface area contributed by atoms with E-state index in [4.69, 9.17) is 11.6 Å². The summed E-state index contributed by atoms with van der Waals surface area (Å²) in [5.41, 5.74) is 2.20. The molecule has 3 rings (SSSR count). The van der Waals surface area contributed by atoms with Gasteiger partial charge in [0.05, 0.1) is 5.52 Å². The molecule has 1 N–H and O–H groups in total. The fourth-order valence-corrected chi connectivity index (χ4v) is 2.88. The Morgan fingerprint density at radius 2 is 2.41 bits per heavy atom. The first-order chi connectivity index (χ1) is 8.25. The normalized spacial score (nSPS) is 20.2. The molecule has 1 unspecified atom stereocenters. The molecule has 0 bridgehead atoms. The zero-order chi connectivity index (χ0) is 11.8. The van der Waals surface area contributed by atoms with Crippen LogP contribution in [0, 0.1) is 6.92 Å². The van der Waals surface area contributed by atoms with Crippen LogP contribution in [0.25, 0.3) is 5.52 Å². The van der Waals surface area contributed by atoms with E-state index < -0.39 is 0 Å². The largest absolute Gasteiger partial charge is 0.314 e. The van der Waals surface area contributed by atoms with Gasteiger partial charge in [0.2, 0.25) is 0 Å². The predicted octanol–water partition coefficient (Wildman–Crippen LogP) is 2.59. The summed E-state index contributed by atoms with van der Waals surface area (Å²) in [5, 5.41) is 4.11. The molecule has 4 heteroatoms. The fourth-order valence-electron chi connectivity index (χ4n) is 2.63. The van der Waals surface area contributed by atoms with E-state index in [2.05, 4.69) is 27.7 Å². The second kappa shape index (κ2) is 4.31. The number of imidazole rings is 1. The highest BCUT2D eigenvalue weighted by Gasteiger charge is 2.18. The van der Waals surface area contributed by atoms with Crippen molar-refractivity contribution in [2.24, 2.45) is 0 Å². The van der Waals surface area contributed by atoms with Crippen LogP contribution < -0.4 is 5.32 Å². The SMILES string of the molecule is Cc1cccc2c(Cl)nc(CC3CCCN3)n12. The van der Waals surface area contributed by atoms with Gasteiger partial charge in [-0.15, -0.1) is 0 Å². The highest BCUT2D eigenvalue weighted by Crippen LogP contribution is 2.22. The molecule has 0 saturated carbocycles. The van der Waals surface area contributed by atoms with Crippen molar-refractivity contribution < 1.29 is 0 Å². The highest BCUT2D eigenvalue weighted by atomic mass is 35.5. The number of rotatable bonds is 2. The van der Waals surface area contributed by atoms with Crippen LogP contribution in [0.4, 0.5) is 0 Å². The van der Waals surface area contributed by atoms with Gasteiger partial charge in [-0.1, -0.05) is 17.7 Å². The minimum absolute atomic E-state index is 0.552. The minimum atomic E-state index is 0.552. The molecule has 3 heterocycles. The van der Waals surface area contributed by atoms with Crippen LogP contribution in [-0.2, 0) is 6.42 Å². The number of hydrogen-bond donors (Lipinski definition) is 1. The van der Waals surface area contributed by atoms with Crippen LogP contribution in [0.3, 0.4) is 0 Å². The predicted molar refractivity (Wildman–Crippen MR) is 69.7 cm³/mol. The second-order valence-electron chi connectivity index (χ2n) is 4.70. The molecule has 0 radical (unpaired) electrons. The Morgan fingerprint density at radius 1 is 1.53 bits per heavy atom. The number of aryl methyl sites for hydroxylation is 1.